The lowest BCUT2D eigenvalue weighted by molar-refractivity contribution is 0.157. The maximum Gasteiger partial charge on any atom is 0.227 e. The first kappa shape index (κ1) is 21.7. The first-order valence-corrected chi connectivity index (χ1v) is 12.8. The number of hydrogen-bond donors (Lipinski definition) is 3. The molecule has 1 aromatic heterocycles. The van der Waals surface area contributed by atoms with Gasteiger partial charge < -0.3 is 15.3 Å². The van der Waals surface area contributed by atoms with Crippen molar-refractivity contribution in [3.63, 3.8) is 0 Å². The molecule has 4 rings (SSSR count). The zero-order chi connectivity index (χ0) is 21.3. The van der Waals surface area contributed by atoms with Crippen molar-refractivity contribution in [2.24, 2.45) is 0 Å². The molecule has 0 spiro atoms. The van der Waals surface area contributed by atoms with E-state index in [2.05, 4.69) is 19.8 Å². The van der Waals surface area contributed by atoms with Crippen LogP contribution in [0.2, 0.25) is 0 Å². The molecule has 10 heteroatoms. The Morgan fingerprint density at radius 3 is 2.83 bits per heavy atom. The molecule has 2 atom stereocenters. The number of aliphatic hydroxyl groups is 1. The first-order chi connectivity index (χ1) is 14.3. The molecular formula is C20H34N6O3S. The van der Waals surface area contributed by atoms with Crippen molar-refractivity contribution in [3.8, 4) is 0 Å². The van der Waals surface area contributed by atoms with Crippen LogP contribution in [0.1, 0.15) is 44.4 Å². The lowest BCUT2D eigenvalue weighted by Crippen LogP contribution is -2.50. The number of nitrogens with one attached hydrogen (secondary N) is 2. The van der Waals surface area contributed by atoms with E-state index >= 15 is 0 Å². The molecule has 0 radical (unpaired) electrons. The van der Waals surface area contributed by atoms with Gasteiger partial charge in [0.15, 0.2) is 0 Å². The predicted octanol–water partition coefficient (Wildman–Crippen LogP) is 0.350. The van der Waals surface area contributed by atoms with Gasteiger partial charge in [0, 0.05) is 50.2 Å². The molecule has 1 aromatic rings. The highest BCUT2D eigenvalue weighted by atomic mass is 32.2. The summed E-state index contributed by atoms with van der Waals surface area (Å²) >= 11 is 0. The van der Waals surface area contributed by atoms with Crippen LogP contribution in [0, 0.1) is 0 Å². The lowest BCUT2D eigenvalue weighted by Gasteiger charge is -2.38. The van der Waals surface area contributed by atoms with E-state index in [0.29, 0.717) is 24.7 Å². The van der Waals surface area contributed by atoms with Crippen molar-refractivity contribution in [2.45, 2.75) is 64.1 Å². The summed E-state index contributed by atoms with van der Waals surface area (Å²) in [5, 5.41) is 13.4. The topological polar surface area (TPSA) is 111 Å². The van der Waals surface area contributed by atoms with Crippen LogP contribution >= 0.6 is 0 Å². The van der Waals surface area contributed by atoms with Gasteiger partial charge in [-0.3, -0.25) is 4.90 Å². The van der Waals surface area contributed by atoms with Crippen LogP contribution < -0.4 is 14.9 Å². The van der Waals surface area contributed by atoms with Crippen LogP contribution in [-0.2, 0) is 22.9 Å². The normalized spacial score (nSPS) is 24.7. The van der Waals surface area contributed by atoms with E-state index in [1.807, 2.05) is 13.8 Å². The highest BCUT2D eigenvalue weighted by molar-refractivity contribution is 7.89. The Kier molecular flexibility index (Phi) is 6.47. The fraction of sp³-hybridized carbons (Fsp3) is 0.800. The summed E-state index contributed by atoms with van der Waals surface area (Å²) in [6.45, 7) is 7.95. The molecule has 0 bridgehead atoms. The van der Waals surface area contributed by atoms with Gasteiger partial charge in [-0.25, -0.2) is 18.1 Å². The zero-order valence-corrected chi connectivity index (χ0v) is 18.8. The largest absolute Gasteiger partial charge is 0.393 e. The predicted molar refractivity (Wildman–Crippen MR) is 117 cm³/mol. The number of fused-ring (bicyclic) bond motifs is 2. The molecule has 0 saturated carbocycles. The van der Waals surface area contributed by atoms with E-state index in [-0.39, 0.29) is 18.3 Å². The summed E-state index contributed by atoms with van der Waals surface area (Å²) in [5.74, 6) is 1.37. The van der Waals surface area contributed by atoms with Crippen LogP contribution in [-0.4, -0.2) is 85.1 Å². The number of nitrogens with zero attached hydrogens (tertiary/aromatic N) is 4. The Bertz CT molecular complexity index is 862. The van der Waals surface area contributed by atoms with Crippen LogP contribution in [0.3, 0.4) is 0 Å². The third-order valence-corrected chi connectivity index (χ3v) is 7.76. The molecule has 0 aromatic carbocycles. The van der Waals surface area contributed by atoms with Gasteiger partial charge in [-0.05, 0) is 46.1 Å². The minimum atomic E-state index is -3.34. The summed E-state index contributed by atoms with van der Waals surface area (Å²) < 4.78 is 26.9. The molecule has 2 aliphatic heterocycles. The average molecular weight is 439 g/mol. The molecule has 9 nitrogen and oxygen atoms in total. The lowest BCUT2D eigenvalue weighted by atomic mass is 9.94. The van der Waals surface area contributed by atoms with E-state index in [1.165, 1.54) is 19.4 Å². The van der Waals surface area contributed by atoms with E-state index in [0.717, 1.165) is 43.3 Å². The molecule has 1 aliphatic carbocycles. The average Bonchev–Trinajstić information content (AvgIpc) is 3.14. The maximum atomic E-state index is 12.2. The summed E-state index contributed by atoms with van der Waals surface area (Å²) in [5.41, 5.74) is 1.90. The molecular weight excluding hydrogens is 404 g/mol. The van der Waals surface area contributed by atoms with Crippen LogP contribution in [0.4, 0.5) is 11.8 Å². The number of hydrogen-bond acceptors (Lipinski definition) is 8. The van der Waals surface area contributed by atoms with E-state index in [1.54, 1.807) is 0 Å². The minimum Gasteiger partial charge on any atom is -0.393 e. The van der Waals surface area contributed by atoms with Crippen LogP contribution in [0.25, 0.3) is 0 Å². The Morgan fingerprint density at radius 1 is 1.20 bits per heavy atom. The fourth-order valence-electron chi connectivity index (χ4n) is 4.76. The highest BCUT2D eigenvalue weighted by Gasteiger charge is 2.32. The van der Waals surface area contributed by atoms with Crippen LogP contribution in [0.15, 0.2) is 0 Å². The van der Waals surface area contributed by atoms with Crippen molar-refractivity contribution in [3.05, 3.63) is 11.3 Å². The Labute approximate surface area is 179 Å². The molecule has 3 heterocycles. The third-order valence-electron chi connectivity index (χ3n) is 6.18. The van der Waals surface area contributed by atoms with Gasteiger partial charge in [0.25, 0.3) is 0 Å². The summed E-state index contributed by atoms with van der Waals surface area (Å²) in [6.07, 6.45) is 4.00. The Hall–Kier alpha value is -1.49. The molecule has 168 valence electrons. The number of piperazine rings is 1. The summed E-state index contributed by atoms with van der Waals surface area (Å²) in [7, 11) is -3.34. The second kappa shape index (κ2) is 8.94. The van der Waals surface area contributed by atoms with E-state index < -0.39 is 16.1 Å². The SMILES string of the molecule is CC(C)NS(=O)(=O)CCNc1nc(N2CCN3CCCC3C2)nc2c1CC(O)CC2. The van der Waals surface area contributed by atoms with Gasteiger partial charge in [-0.15, -0.1) is 0 Å². The zero-order valence-electron chi connectivity index (χ0n) is 18.0. The Balaban J connectivity index is 1.52. The fourth-order valence-corrected chi connectivity index (χ4v) is 5.97. The minimum absolute atomic E-state index is 0.0252. The second-order valence-electron chi connectivity index (χ2n) is 8.99. The van der Waals surface area contributed by atoms with Gasteiger partial charge in [0.2, 0.25) is 16.0 Å². The number of rotatable bonds is 7. The van der Waals surface area contributed by atoms with Crippen molar-refractivity contribution in [1.29, 1.82) is 0 Å². The van der Waals surface area contributed by atoms with Gasteiger partial charge in [-0.1, -0.05) is 0 Å². The third kappa shape index (κ3) is 5.04. The number of aliphatic hydroxyl groups excluding tert-OH is 1. The van der Waals surface area contributed by atoms with Gasteiger partial charge in [0.1, 0.15) is 5.82 Å². The maximum absolute atomic E-state index is 12.2. The van der Waals surface area contributed by atoms with E-state index in [4.69, 9.17) is 9.97 Å². The van der Waals surface area contributed by atoms with Gasteiger partial charge >= 0.3 is 0 Å². The molecule has 2 fully saturated rings. The summed E-state index contributed by atoms with van der Waals surface area (Å²) in [4.78, 5) is 14.5. The number of aromatic nitrogens is 2. The second-order valence-corrected chi connectivity index (χ2v) is 10.9. The molecule has 0 amide bonds. The monoisotopic (exact) mass is 438 g/mol. The molecule has 3 aliphatic rings. The number of sulfonamides is 1. The quantitative estimate of drug-likeness (QED) is 0.559. The van der Waals surface area contributed by atoms with Crippen molar-refractivity contribution in [1.82, 2.24) is 19.6 Å². The van der Waals surface area contributed by atoms with Crippen molar-refractivity contribution >= 4 is 21.8 Å². The molecule has 30 heavy (non-hydrogen) atoms. The van der Waals surface area contributed by atoms with Gasteiger partial charge in [-0.2, -0.15) is 4.98 Å². The molecule has 2 saturated heterocycles. The number of anilines is 2. The molecule has 3 N–H and O–H groups in total. The molecule has 2 unspecified atom stereocenters. The Morgan fingerprint density at radius 2 is 2.03 bits per heavy atom. The van der Waals surface area contributed by atoms with Crippen LogP contribution in [0.5, 0.6) is 0 Å². The van der Waals surface area contributed by atoms with Gasteiger partial charge in [0.05, 0.1) is 17.6 Å². The van der Waals surface area contributed by atoms with E-state index in [9.17, 15) is 13.5 Å². The smallest absolute Gasteiger partial charge is 0.227 e. The summed E-state index contributed by atoms with van der Waals surface area (Å²) in [6, 6.07) is 0.446. The van der Waals surface area contributed by atoms with Crippen molar-refractivity contribution in [2.75, 3.05) is 48.7 Å². The number of aryl methyl sites for hydroxylation is 1. The van der Waals surface area contributed by atoms with Crippen molar-refractivity contribution < 1.29 is 13.5 Å². The highest BCUT2D eigenvalue weighted by Crippen LogP contribution is 2.30. The first-order valence-electron chi connectivity index (χ1n) is 11.1. The standard InChI is InChI=1S/C20H34N6O3S/c1-14(2)24-30(28,29)11-7-21-19-17-12-16(27)5-6-18(17)22-20(23-19)26-10-9-25-8-3-4-15(25)13-26/h14-16,24,27H,3-13H2,1-2H3,(H,21,22,23).